The molecular formula is C8H13F4NO2. The van der Waals surface area contributed by atoms with Crippen LogP contribution in [-0.4, -0.2) is 36.0 Å². The second-order valence-corrected chi connectivity index (χ2v) is 3.01. The summed E-state index contributed by atoms with van der Waals surface area (Å²) in [5.41, 5.74) is 0. The standard InChI is InChI=1S/C8H13F4NO2/c1-2-5(3-4-14)13-7(15)8(11,12)6(9)10/h5-6,14H,2-4H2,1H3,(H,13,15). The van der Waals surface area contributed by atoms with Crippen molar-refractivity contribution in [1.29, 1.82) is 0 Å². The lowest BCUT2D eigenvalue weighted by atomic mass is 10.1. The highest BCUT2D eigenvalue weighted by Gasteiger charge is 2.49. The van der Waals surface area contributed by atoms with Gasteiger partial charge in [-0.1, -0.05) is 6.92 Å². The summed E-state index contributed by atoms with van der Waals surface area (Å²) in [6.07, 6.45) is -3.68. The van der Waals surface area contributed by atoms with Crippen LogP contribution in [0.3, 0.4) is 0 Å². The van der Waals surface area contributed by atoms with Crippen LogP contribution in [0.1, 0.15) is 19.8 Å². The molecule has 0 aromatic rings. The molecule has 3 nitrogen and oxygen atoms in total. The van der Waals surface area contributed by atoms with Crippen LogP contribution in [0.4, 0.5) is 17.6 Å². The topological polar surface area (TPSA) is 49.3 Å². The van der Waals surface area contributed by atoms with Gasteiger partial charge >= 0.3 is 12.3 Å². The van der Waals surface area contributed by atoms with Crippen molar-refractivity contribution in [2.75, 3.05) is 6.61 Å². The lowest BCUT2D eigenvalue weighted by molar-refractivity contribution is -0.170. The van der Waals surface area contributed by atoms with E-state index in [4.69, 9.17) is 5.11 Å². The zero-order valence-electron chi connectivity index (χ0n) is 8.14. The Morgan fingerprint density at radius 2 is 2.00 bits per heavy atom. The van der Waals surface area contributed by atoms with Gasteiger partial charge in [-0.05, 0) is 12.8 Å². The van der Waals surface area contributed by atoms with Crippen LogP contribution in [0, 0.1) is 0 Å². The fourth-order valence-electron chi connectivity index (χ4n) is 0.915. The van der Waals surface area contributed by atoms with Gasteiger partial charge in [0.2, 0.25) is 0 Å². The van der Waals surface area contributed by atoms with Crippen LogP contribution < -0.4 is 5.32 Å². The molecule has 1 atom stereocenters. The fraction of sp³-hybridized carbons (Fsp3) is 0.875. The monoisotopic (exact) mass is 231 g/mol. The molecule has 0 bridgehead atoms. The number of rotatable bonds is 6. The molecular weight excluding hydrogens is 218 g/mol. The molecule has 1 amide bonds. The number of carbonyl (C=O) groups excluding carboxylic acids is 1. The summed E-state index contributed by atoms with van der Waals surface area (Å²) in [6.45, 7) is 1.28. The van der Waals surface area contributed by atoms with E-state index < -0.39 is 24.3 Å². The summed E-state index contributed by atoms with van der Waals surface area (Å²) in [6, 6.07) is -0.716. The summed E-state index contributed by atoms with van der Waals surface area (Å²) in [4.78, 5) is 10.7. The Kier molecular flexibility index (Phi) is 5.56. The van der Waals surface area contributed by atoms with E-state index in [0.717, 1.165) is 0 Å². The summed E-state index contributed by atoms with van der Waals surface area (Å²) in [7, 11) is 0. The van der Waals surface area contributed by atoms with Crippen molar-refractivity contribution in [3.8, 4) is 0 Å². The zero-order chi connectivity index (χ0) is 12.1. The first kappa shape index (κ1) is 14.2. The fourth-order valence-corrected chi connectivity index (χ4v) is 0.915. The zero-order valence-corrected chi connectivity index (χ0v) is 8.14. The van der Waals surface area contributed by atoms with E-state index in [-0.39, 0.29) is 19.4 Å². The van der Waals surface area contributed by atoms with E-state index in [1.54, 1.807) is 12.2 Å². The van der Waals surface area contributed by atoms with Crippen molar-refractivity contribution in [2.24, 2.45) is 0 Å². The molecule has 90 valence electrons. The summed E-state index contributed by atoms with van der Waals surface area (Å²) >= 11 is 0. The molecule has 7 heteroatoms. The molecule has 2 N–H and O–H groups in total. The minimum Gasteiger partial charge on any atom is -0.396 e. The third-order valence-corrected chi connectivity index (χ3v) is 1.88. The molecule has 1 unspecified atom stereocenters. The predicted octanol–water partition coefficient (Wildman–Crippen LogP) is 1.16. The van der Waals surface area contributed by atoms with Gasteiger partial charge in [-0.2, -0.15) is 8.78 Å². The second-order valence-electron chi connectivity index (χ2n) is 3.01. The SMILES string of the molecule is CCC(CCO)NC(=O)C(F)(F)C(F)F. The van der Waals surface area contributed by atoms with E-state index in [1.165, 1.54) is 0 Å². The van der Waals surface area contributed by atoms with Crippen molar-refractivity contribution in [3.63, 3.8) is 0 Å². The van der Waals surface area contributed by atoms with Crippen molar-refractivity contribution < 1.29 is 27.5 Å². The van der Waals surface area contributed by atoms with E-state index in [9.17, 15) is 22.4 Å². The van der Waals surface area contributed by atoms with Crippen LogP contribution in [-0.2, 0) is 4.79 Å². The predicted molar refractivity (Wildman–Crippen MR) is 44.9 cm³/mol. The smallest absolute Gasteiger partial charge is 0.383 e. The number of aliphatic hydroxyl groups is 1. The lowest BCUT2D eigenvalue weighted by Gasteiger charge is -2.20. The number of aliphatic hydroxyl groups excluding tert-OH is 1. The molecule has 15 heavy (non-hydrogen) atoms. The first-order valence-electron chi connectivity index (χ1n) is 4.44. The Balaban J connectivity index is 4.33. The molecule has 0 aliphatic rings. The Hall–Kier alpha value is -0.850. The molecule has 0 aliphatic carbocycles. The Labute approximate surface area is 84.5 Å². The number of nitrogens with one attached hydrogen (secondary N) is 1. The van der Waals surface area contributed by atoms with Crippen LogP contribution in [0.5, 0.6) is 0 Å². The maximum atomic E-state index is 12.5. The normalized spacial score (nSPS) is 14.1. The van der Waals surface area contributed by atoms with Gasteiger partial charge in [0, 0.05) is 12.6 Å². The molecule has 0 radical (unpaired) electrons. The van der Waals surface area contributed by atoms with Crippen LogP contribution >= 0.6 is 0 Å². The van der Waals surface area contributed by atoms with Gasteiger partial charge in [0.15, 0.2) is 0 Å². The van der Waals surface area contributed by atoms with E-state index in [0.29, 0.717) is 0 Å². The average Bonchev–Trinajstić information content (AvgIpc) is 2.16. The van der Waals surface area contributed by atoms with E-state index >= 15 is 0 Å². The number of hydrogen-bond donors (Lipinski definition) is 2. The Morgan fingerprint density at radius 1 is 1.47 bits per heavy atom. The third kappa shape index (κ3) is 4.03. The summed E-state index contributed by atoms with van der Waals surface area (Å²) < 4.78 is 48.4. The van der Waals surface area contributed by atoms with Gasteiger partial charge in [0.25, 0.3) is 5.91 Å². The van der Waals surface area contributed by atoms with Crippen molar-refractivity contribution in [2.45, 2.75) is 38.2 Å². The highest BCUT2D eigenvalue weighted by molar-refractivity contribution is 5.84. The van der Waals surface area contributed by atoms with Crippen molar-refractivity contribution >= 4 is 5.91 Å². The van der Waals surface area contributed by atoms with Gasteiger partial charge in [-0.15, -0.1) is 0 Å². The number of carbonyl (C=O) groups is 1. The average molecular weight is 231 g/mol. The number of hydrogen-bond acceptors (Lipinski definition) is 2. The highest BCUT2D eigenvalue weighted by Crippen LogP contribution is 2.23. The Bertz CT molecular complexity index is 211. The molecule has 0 spiro atoms. The van der Waals surface area contributed by atoms with Crippen molar-refractivity contribution in [3.05, 3.63) is 0 Å². The van der Waals surface area contributed by atoms with Gasteiger partial charge in [-0.3, -0.25) is 4.79 Å². The molecule has 0 fully saturated rings. The molecule has 0 heterocycles. The van der Waals surface area contributed by atoms with E-state index in [2.05, 4.69) is 0 Å². The molecule has 0 aliphatic heterocycles. The molecule has 0 aromatic heterocycles. The quantitative estimate of drug-likeness (QED) is 0.674. The molecule has 0 saturated carbocycles. The Morgan fingerprint density at radius 3 is 2.33 bits per heavy atom. The van der Waals surface area contributed by atoms with Gasteiger partial charge < -0.3 is 10.4 Å². The molecule has 0 aromatic carbocycles. The minimum absolute atomic E-state index is 0.0571. The van der Waals surface area contributed by atoms with Gasteiger partial charge in [0.1, 0.15) is 0 Å². The lowest BCUT2D eigenvalue weighted by Crippen LogP contribution is -2.49. The summed E-state index contributed by atoms with van der Waals surface area (Å²) in [5.74, 6) is -6.68. The first-order chi connectivity index (χ1) is 6.86. The van der Waals surface area contributed by atoms with Crippen molar-refractivity contribution in [1.82, 2.24) is 5.32 Å². The second kappa shape index (κ2) is 5.89. The number of amides is 1. The minimum atomic E-state index is -4.68. The first-order valence-corrected chi connectivity index (χ1v) is 4.44. The maximum Gasteiger partial charge on any atom is 0.383 e. The van der Waals surface area contributed by atoms with Crippen LogP contribution in [0.25, 0.3) is 0 Å². The maximum absolute atomic E-state index is 12.5. The highest BCUT2D eigenvalue weighted by atomic mass is 19.3. The van der Waals surface area contributed by atoms with E-state index in [1.807, 2.05) is 0 Å². The van der Waals surface area contributed by atoms with Gasteiger partial charge in [-0.25, -0.2) is 8.78 Å². The molecule has 0 saturated heterocycles. The largest absolute Gasteiger partial charge is 0.396 e. The number of alkyl halides is 4. The number of halogens is 4. The third-order valence-electron chi connectivity index (χ3n) is 1.88. The van der Waals surface area contributed by atoms with Crippen LogP contribution in [0.15, 0.2) is 0 Å². The molecule has 0 rings (SSSR count). The van der Waals surface area contributed by atoms with Crippen LogP contribution in [0.2, 0.25) is 0 Å². The van der Waals surface area contributed by atoms with Gasteiger partial charge in [0.05, 0.1) is 0 Å². The summed E-state index contributed by atoms with van der Waals surface area (Å²) in [5, 5.41) is 10.3.